The molecule has 88 valence electrons. The molecule has 0 amide bonds. The average molecular weight is 222 g/mol. The number of hydrogen-bond donors (Lipinski definition) is 3. The molecule has 4 N–H and O–H groups in total. The summed E-state index contributed by atoms with van der Waals surface area (Å²) < 4.78 is 0. The molecule has 0 heterocycles. The fourth-order valence-corrected chi connectivity index (χ4v) is 1.47. The quantitative estimate of drug-likeness (QED) is 0.642. The maximum Gasteiger partial charge on any atom is 0.320 e. The zero-order valence-corrected chi connectivity index (χ0v) is 9.23. The van der Waals surface area contributed by atoms with Crippen molar-refractivity contribution in [3.63, 3.8) is 0 Å². The van der Waals surface area contributed by atoms with Crippen LogP contribution in [0.5, 0.6) is 0 Å². The van der Waals surface area contributed by atoms with Crippen molar-refractivity contribution in [2.24, 2.45) is 5.73 Å². The highest BCUT2D eigenvalue weighted by atomic mass is 16.4. The molecule has 1 atom stereocenters. The molecule has 0 fully saturated rings. The topological polar surface area (TPSA) is 75.3 Å². The highest BCUT2D eigenvalue weighted by molar-refractivity contribution is 5.73. The zero-order valence-electron chi connectivity index (χ0n) is 9.23. The normalized spacial score (nSPS) is 12.3. The molecule has 0 aliphatic rings. The molecular formula is C12H18N2O2. The van der Waals surface area contributed by atoms with Crippen molar-refractivity contribution in [1.82, 2.24) is 5.32 Å². The molecule has 4 nitrogen and oxygen atoms in total. The van der Waals surface area contributed by atoms with Crippen LogP contribution in [0, 0.1) is 0 Å². The van der Waals surface area contributed by atoms with Crippen LogP contribution in [-0.2, 0) is 11.3 Å². The molecule has 0 aromatic heterocycles. The first kappa shape index (κ1) is 12.7. The Morgan fingerprint density at radius 3 is 2.62 bits per heavy atom. The summed E-state index contributed by atoms with van der Waals surface area (Å²) in [6, 6.07) is 9.24. The van der Waals surface area contributed by atoms with Crippen LogP contribution in [0.3, 0.4) is 0 Å². The van der Waals surface area contributed by atoms with Gasteiger partial charge in [0.15, 0.2) is 0 Å². The summed E-state index contributed by atoms with van der Waals surface area (Å²) in [5, 5.41) is 12.0. The van der Waals surface area contributed by atoms with Gasteiger partial charge >= 0.3 is 5.97 Å². The van der Waals surface area contributed by atoms with Crippen LogP contribution in [0.25, 0.3) is 0 Å². The molecular weight excluding hydrogens is 204 g/mol. The smallest absolute Gasteiger partial charge is 0.320 e. The number of carboxylic acids is 1. The first-order valence-electron chi connectivity index (χ1n) is 5.44. The number of carbonyl (C=O) groups is 1. The minimum absolute atomic E-state index is 0.510. The summed E-state index contributed by atoms with van der Waals surface area (Å²) in [4.78, 5) is 10.9. The Morgan fingerprint density at radius 1 is 1.38 bits per heavy atom. The van der Waals surface area contributed by atoms with Gasteiger partial charge in [0.05, 0.1) is 0 Å². The van der Waals surface area contributed by atoms with Crippen molar-refractivity contribution >= 4 is 5.97 Å². The van der Waals surface area contributed by atoms with Gasteiger partial charge < -0.3 is 16.2 Å². The average Bonchev–Trinajstić information content (AvgIpc) is 2.30. The van der Waals surface area contributed by atoms with Gasteiger partial charge in [-0.15, -0.1) is 0 Å². The Labute approximate surface area is 95.5 Å². The standard InChI is InChI=1S/C12H18N2O2/c13-8-4-7-11(12(15)16)14-9-10-5-2-1-3-6-10/h1-3,5-6,11,14H,4,7-9,13H2,(H,15,16). The van der Waals surface area contributed by atoms with E-state index in [2.05, 4.69) is 5.32 Å². The minimum Gasteiger partial charge on any atom is -0.480 e. The van der Waals surface area contributed by atoms with Gasteiger partial charge in [0.25, 0.3) is 0 Å². The van der Waals surface area contributed by atoms with Crippen molar-refractivity contribution in [3.8, 4) is 0 Å². The number of carboxylic acid groups (broad SMARTS) is 1. The molecule has 16 heavy (non-hydrogen) atoms. The second-order valence-electron chi connectivity index (χ2n) is 3.69. The summed E-state index contributed by atoms with van der Waals surface area (Å²) in [7, 11) is 0. The van der Waals surface area contributed by atoms with Gasteiger partial charge in [0.2, 0.25) is 0 Å². The van der Waals surface area contributed by atoms with Gasteiger partial charge in [-0.05, 0) is 24.9 Å². The van der Waals surface area contributed by atoms with Gasteiger partial charge in [-0.1, -0.05) is 30.3 Å². The van der Waals surface area contributed by atoms with E-state index in [-0.39, 0.29) is 0 Å². The Balaban J connectivity index is 2.41. The summed E-state index contributed by atoms with van der Waals surface area (Å²) in [5.41, 5.74) is 6.45. The number of rotatable bonds is 7. The van der Waals surface area contributed by atoms with Crippen LogP contribution in [0.2, 0.25) is 0 Å². The first-order valence-corrected chi connectivity index (χ1v) is 5.44. The molecule has 0 spiro atoms. The number of benzene rings is 1. The predicted molar refractivity (Wildman–Crippen MR) is 63.0 cm³/mol. The number of aliphatic carboxylic acids is 1. The molecule has 1 aromatic carbocycles. The van der Waals surface area contributed by atoms with E-state index in [0.717, 1.165) is 12.0 Å². The second kappa shape index (κ2) is 6.98. The molecule has 0 saturated heterocycles. The van der Waals surface area contributed by atoms with E-state index >= 15 is 0 Å². The van der Waals surface area contributed by atoms with Crippen LogP contribution in [0.15, 0.2) is 30.3 Å². The van der Waals surface area contributed by atoms with E-state index in [1.165, 1.54) is 0 Å². The largest absolute Gasteiger partial charge is 0.480 e. The third-order valence-electron chi connectivity index (χ3n) is 2.39. The Hall–Kier alpha value is -1.39. The van der Waals surface area contributed by atoms with E-state index in [4.69, 9.17) is 10.8 Å². The molecule has 0 aliphatic heterocycles. The lowest BCUT2D eigenvalue weighted by atomic mass is 10.1. The van der Waals surface area contributed by atoms with Crippen molar-refractivity contribution in [1.29, 1.82) is 0 Å². The van der Waals surface area contributed by atoms with Crippen molar-refractivity contribution < 1.29 is 9.90 Å². The van der Waals surface area contributed by atoms with E-state index in [1.54, 1.807) is 0 Å². The molecule has 1 unspecified atom stereocenters. The van der Waals surface area contributed by atoms with Crippen molar-refractivity contribution in [2.75, 3.05) is 6.54 Å². The monoisotopic (exact) mass is 222 g/mol. The summed E-state index contributed by atoms with van der Waals surface area (Å²) in [5.74, 6) is -0.815. The number of nitrogens with two attached hydrogens (primary N) is 1. The van der Waals surface area contributed by atoms with Gasteiger partial charge in [-0.3, -0.25) is 4.79 Å². The molecule has 0 radical (unpaired) electrons. The fraction of sp³-hybridized carbons (Fsp3) is 0.417. The molecule has 0 saturated carbocycles. The van der Waals surface area contributed by atoms with Gasteiger partial charge in [-0.2, -0.15) is 0 Å². The predicted octanol–water partition coefficient (Wildman–Crippen LogP) is 0.968. The number of nitrogens with one attached hydrogen (secondary N) is 1. The van der Waals surface area contributed by atoms with Gasteiger partial charge in [0.1, 0.15) is 6.04 Å². The third-order valence-corrected chi connectivity index (χ3v) is 2.39. The summed E-state index contributed by atoms with van der Waals surface area (Å²) in [6.07, 6.45) is 1.29. The maximum atomic E-state index is 10.9. The van der Waals surface area contributed by atoms with E-state index in [0.29, 0.717) is 19.5 Å². The first-order chi connectivity index (χ1) is 7.74. The van der Waals surface area contributed by atoms with Crippen LogP contribution in [0.1, 0.15) is 18.4 Å². The Bertz CT molecular complexity index is 314. The lowest BCUT2D eigenvalue weighted by Gasteiger charge is -2.13. The molecule has 4 heteroatoms. The third kappa shape index (κ3) is 4.42. The van der Waals surface area contributed by atoms with Crippen LogP contribution < -0.4 is 11.1 Å². The van der Waals surface area contributed by atoms with Gasteiger partial charge in [0, 0.05) is 6.54 Å². The highest BCUT2D eigenvalue weighted by Gasteiger charge is 2.15. The van der Waals surface area contributed by atoms with E-state index in [9.17, 15) is 4.79 Å². The van der Waals surface area contributed by atoms with Crippen LogP contribution >= 0.6 is 0 Å². The molecule has 1 aromatic rings. The van der Waals surface area contributed by atoms with Crippen molar-refractivity contribution in [2.45, 2.75) is 25.4 Å². The van der Waals surface area contributed by atoms with Gasteiger partial charge in [-0.25, -0.2) is 0 Å². The Kier molecular flexibility index (Phi) is 5.53. The lowest BCUT2D eigenvalue weighted by Crippen LogP contribution is -2.36. The minimum atomic E-state index is -0.815. The van der Waals surface area contributed by atoms with E-state index < -0.39 is 12.0 Å². The fourth-order valence-electron chi connectivity index (χ4n) is 1.47. The summed E-state index contributed by atoms with van der Waals surface area (Å²) in [6.45, 7) is 1.10. The maximum absolute atomic E-state index is 10.9. The SMILES string of the molecule is NCCCC(NCc1ccccc1)C(=O)O. The molecule has 0 aliphatic carbocycles. The summed E-state index contributed by atoms with van der Waals surface area (Å²) >= 11 is 0. The number of hydrogen-bond acceptors (Lipinski definition) is 3. The molecule has 0 bridgehead atoms. The lowest BCUT2D eigenvalue weighted by molar-refractivity contribution is -0.139. The zero-order chi connectivity index (χ0) is 11.8. The van der Waals surface area contributed by atoms with Crippen LogP contribution in [-0.4, -0.2) is 23.7 Å². The van der Waals surface area contributed by atoms with E-state index in [1.807, 2.05) is 30.3 Å². The second-order valence-corrected chi connectivity index (χ2v) is 3.69. The Morgan fingerprint density at radius 2 is 2.06 bits per heavy atom. The van der Waals surface area contributed by atoms with Crippen molar-refractivity contribution in [3.05, 3.63) is 35.9 Å². The molecule has 1 rings (SSSR count). The highest BCUT2D eigenvalue weighted by Crippen LogP contribution is 2.01. The van der Waals surface area contributed by atoms with Crippen LogP contribution in [0.4, 0.5) is 0 Å².